The minimum absolute atomic E-state index is 0.0561. The lowest BCUT2D eigenvalue weighted by molar-refractivity contribution is 0.0462. The quantitative estimate of drug-likeness (QED) is 0.549. The van der Waals surface area contributed by atoms with Crippen LogP contribution in [0.4, 0.5) is 0 Å². The predicted molar refractivity (Wildman–Crippen MR) is 105 cm³/mol. The fourth-order valence-electron chi connectivity index (χ4n) is 3.65. The van der Waals surface area contributed by atoms with Crippen molar-refractivity contribution in [1.82, 2.24) is 9.97 Å². The molecule has 1 aliphatic carbocycles. The van der Waals surface area contributed by atoms with Gasteiger partial charge < -0.3 is 9.72 Å². The second kappa shape index (κ2) is 6.32. The fourth-order valence-corrected chi connectivity index (χ4v) is 4.93. The number of esters is 1. The van der Waals surface area contributed by atoms with E-state index >= 15 is 0 Å². The van der Waals surface area contributed by atoms with Gasteiger partial charge in [0.1, 0.15) is 17.3 Å². The molecule has 27 heavy (non-hydrogen) atoms. The Kier molecular flexibility index (Phi) is 3.79. The van der Waals surface area contributed by atoms with Crippen molar-refractivity contribution in [3.63, 3.8) is 0 Å². The minimum Gasteiger partial charge on any atom is -0.454 e. The van der Waals surface area contributed by atoms with Crippen LogP contribution >= 0.6 is 11.3 Å². The summed E-state index contributed by atoms with van der Waals surface area (Å²) in [6.45, 7) is -0.0561. The summed E-state index contributed by atoms with van der Waals surface area (Å²) in [5, 5.41) is 2.75. The highest BCUT2D eigenvalue weighted by atomic mass is 32.1. The summed E-state index contributed by atoms with van der Waals surface area (Å²) >= 11 is 1.58. The molecule has 0 atom stereocenters. The van der Waals surface area contributed by atoms with Crippen molar-refractivity contribution in [3.8, 4) is 0 Å². The summed E-state index contributed by atoms with van der Waals surface area (Å²) in [7, 11) is 0. The Hall–Kier alpha value is -2.99. The van der Waals surface area contributed by atoms with Crippen LogP contribution in [0.3, 0.4) is 0 Å². The molecule has 0 spiro atoms. The Bertz CT molecular complexity index is 1260. The maximum absolute atomic E-state index is 12.5. The number of aromatic amines is 1. The van der Waals surface area contributed by atoms with Crippen molar-refractivity contribution in [2.45, 2.75) is 25.9 Å². The second-order valence-corrected chi connectivity index (χ2v) is 7.77. The Morgan fingerprint density at radius 1 is 1.15 bits per heavy atom. The van der Waals surface area contributed by atoms with E-state index in [4.69, 9.17) is 4.74 Å². The molecule has 0 saturated carbocycles. The largest absolute Gasteiger partial charge is 0.454 e. The van der Waals surface area contributed by atoms with Crippen molar-refractivity contribution in [2.75, 3.05) is 0 Å². The molecule has 0 fully saturated rings. The van der Waals surface area contributed by atoms with Gasteiger partial charge in [-0.05, 0) is 47.7 Å². The first-order valence-electron chi connectivity index (χ1n) is 8.88. The highest BCUT2D eigenvalue weighted by molar-refractivity contribution is 7.18. The van der Waals surface area contributed by atoms with Crippen LogP contribution in [-0.4, -0.2) is 15.9 Å². The number of carbonyl (C=O) groups excluding carboxylic acids is 1. The third-order valence-corrected chi connectivity index (χ3v) is 6.13. The van der Waals surface area contributed by atoms with Crippen molar-refractivity contribution in [1.29, 1.82) is 0 Å². The van der Waals surface area contributed by atoms with Gasteiger partial charge in [0.05, 0.1) is 10.9 Å². The molecule has 2 aromatic heterocycles. The molecular weight excluding hydrogens is 360 g/mol. The van der Waals surface area contributed by atoms with E-state index in [0.29, 0.717) is 16.8 Å². The third kappa shape index (κ3) is 2.82. The number of hydrogen-bond donors (Lipinski definition) is 1. The molecular formula is C21H16N2O3S. The average molecular weight is 376 g/mol. The van der Waals surface area contributed by atoms with Crippen molar-refractivity contribution in [2.24, 2.45) is 0 Å². The SMILES string of the molecule is O=C(OCc1nc2sc3c(c2c(=O)[nH]1)CCC3)c1ccc2ccccc2c1. The molecule has 2 aromatic carbocycles. The van der Waals surface area contributed by atoms with Crippen LogP contribution in [0.15, 0.2) is 47.3 Å². The zero-order chi connectivity index (χ0) is 18.4. The maximum atomic E-state index is 12.5. The first-order chi connectivity index (χ1) is 13.2. The Morgan fingerprint density at radius 3 is 2.89 bits per heavy atom. The van der Waals surface area contributed by atoms with Crippen LogP contribution in [0.5, 0.6) is 0 Å². The van der Waals surface area contributed by atoms with Gasteiger partial charge in [-0.3, -0.25) is 4.79 Å². The van der Waals surface area contributed by atoms with E-state index in [1.807, 2.05) is 30.3 Å². The number of aromatic nitrogens is 2. The van der Waals surface area contributed by atoms with Gasteiger partial charge in [0, 0.05) is 4.88 Å². The lowest BCUT2D eigenvalue weighted by Crippen LogP contribution is -2.14. The zero-order valence-electron chi connectivity index (χ0n) is 14.5. The van der Waals surface area contributed by atoms with Gasteiger partial charge in [0.25, 0.3) is 5.56 Å². The second-order valence-electron chi connectivity index (χ2n) is 6.69. The first-order valence-corrected chi connectivity index (χ1v) is 9.70. The molecule has 6 heteroatoms. The minimum atomic E-state index is -0.433. The summed E-state index contributed by atoms with van der Waals surface area (Å²) in [5.41, 5.74) is 1.48. The predicted octanol–water partition coefficient (Wildman–Crippen LogP) is 3.98. The van der Waals surface area contributed by atoms with Crippen molar-refractivity contribution in [3.05, 3.63) is 74.6 Å². The first kappa shape index (κ1) is 16.2. The average Bonchev–Trinajstić information content (AvgIpc) is 3.26. The van der Waals surface area contributed by atoms with E-state index in [2.05, 4.69) is 9.97 Å². The van der Waals surface area contributed by atoms with E-state index in [0.717, 1.165) is 40.4 Å². The van der Waals surface area contributed by atoms with Gasteiger partial charge in [-0.1, -0.05) is 30.3 Å². The summed E-state index contributed by atoms with van der Waals surface area (Å²) in [6.07, 6.45) is 3.06. The van der Waals surface area contributed by atoms with E-state index < -0.39 is 5.97 Å². The number of nitrogens with zero attached hydrogens (tertiary/aromatic N) is 1. The Balaban J connectivity index is 1.39. The monoisotopic (exact) mass is 376 g/mol. The number of thiophene rings is 1. The van der Waals surface area contributed by atoms with Gasteiger partial charge in [-0.25, -0.2) is 9.78 Å². The third-order valence-electron chi connectivity index (χ3n) is 4.95. The normalized spacial score (nSPS) is 13.2. The Morgan fingerprint density at radius 2 is 2.00 bits per heavy atom. The molecule has 2 heterocycles. The molecule has 0 aliphatic heterocycles. The molecule has 1 aliphatic rings. The number of hydrogen-bond acceptors (Lipinski definition) is 5. The molecule has 0 bridgehead atoms. The number of H-pyrrole nitrogens is 1. The topological polar surface area (TPSA) is 72.0 Å². The lowest BCUT2D eigenvalue weighted by atomic mass is 10.1. The van der Waals surface area contributed by atoms with E-state index in [9.17, 15) is 9.59 Å². The van der Waals surface area contributed by atoms with Crippen LogP contribution in [0.1, 0.15) is 33.0 Å². The summed E-state index contributed by atoms with van der Waals surface area (Å²) in [6, 6.07) is 13.3. The Labute approximate surface area is 158 Å². The maximum Gasteiger partial charge on any atom is 0.338 e. The molecule has 5 rings (SSSR count). The number of ether oxygens (including phenoxy) is 1. The summed E-state index contributed by atoms with van der Waals surface area (Å²) in [4.78, 5) is 34.1. The standard InChI is InChI=1S/C21H16N2O3S/c24-19-18-15-6-3-7-16(15)27-20(18)23-17(22-19)11-26-21(25)14-9-8-12-4-1-2-5-13(12)10-14/h1-2,4-5,8-10H,3,6-7,11H2,(H,22,23,24). The molecule has 1 N–H and O–H groups in total. The van der Waals surface area contributed by atoms with Crippen LogP contribution in [-0.2, 0) is 24.2 Å². The smallest absolute Gasteiger partial charge is 0.338 e. The highest BCUT2D eigenvalue weighted by Gasteiger charge is 2.21. The molecule has 134 valence electrons. The van der Waals surface area contributed by atoms with E-state index in [1.54, 1.807) is 23.5 Å². The zero-order valence-corrected chi connectivity index (χ0v) is 15.3. The van der Waals surface area contributed by atoms with Crippen LogP contribution < -0.4 is 5.56 Å². The number of fused-ring (bicyclic) bond motifs is 4. The van der Waals surface area contributed by atoms with Crippen LogP contribution in [0.2, 0.25) is 0 Å². The van der Waals surface area contributed by atoms with Gasteiger partial charge in [-0.2, -0.15) is 0 Å². The van der Waals surface area contributed by atoms with Gasteiger partial charge >= 0.3 is 5.97 Å². The molecule has 0 radical (unpaired) electrons. The van der Waals surface area contributed by atoms with Gasteiger partial charge in [-0.15, -0.1) is 11.3 Å². The lowest BCUT2D eigenvalue weighted by Gasteiger charge is -2.06. The number of aryl methyl sites for hydroxylation is 2. The van der Waals surface area contributed by atoms with Crippen LogP contribution in [0.25, 0.3) is 21.0 Å². The fraction of sp³-hybridized carbons (Fsp3) is 0.190. The molecule has 4 aromatic rings. The molecule has 0 saturated heterocycles. The molecule has 0 amide bonds. The summed E-state index contributed by atoms with van der Waals surface area (Å²) < 4.78 is 5.38. The number of rotatable bonds is 3. The van der Waals surface area contributed by atoms with Gasteiger partial charge in [0.15, 0.2) is 0 Å². The summed E-state index contributed by atoms with van der Waals surface area (Å²) in [5.74, 6) is -0.0567. The number of nitrogens with one attached hydrogen (secondary N) is 1. The van der Waals surface area contributed by atoms with E-state index in [-0.39, 0.29) is 12.2 Å². The highest BCUT2D eigenvalue weighted by Crippen LogP contribution is 2.34. The van der Waals surface area contributed by atoms with Gasteiger partial charge in [0.2, 0.25) is 0 Å². The van der Waals surface area contributed by atoms with Crippen molar-refractivity contribution < 1.29 is 9.53 Å². The number of carbonyl (C=O) groups is 1. The molecule has 0 unspecified atom stereocenters. The van der Waals surface area contributed by atoms with Crippen LogP contribution in [0, 0.1) is 0 Å². The van der Waals surface area contributed by atoms with Crippen molar-refractivity contribution >= 4 is 38.3 Å². The molecule has 5 nitrogen and oxygen atoms in total. The number of benzene rings is 2. The van der Waals surface area contributed by atoms with E-state index in [1.165, 1.54) is 4.88 Å².